The van der Waals surface area contributed by atoms with Gasteiger partial charge in [-0.1, -0.05) is 60.7 Å². The van der Waals surface area contributed by atoms with Crippen LogP contribution >= 0.6 is 0 Å². The zero-order valence-electron chi connectivity index (χ0n) is 14.1. The van der Waals surface area contributed by atoms with Crippen LogP contribution in [0, 0.1) is 0 Å². The second kappa shape index (κ2) is 9.37. The first-order valence-corrected chi connectivity index (χ1v) is 8.11. The molecule has 2 rings (SSSR count). The van der Waals surface area contributed by atoms with E-state index in [1.807, 2.05) is 66.9 Å². The molecule has 0 aliphatic carbocycles. The van der Waals surface area contributed by atoms with Crippen LogP contribution in [0.4, 0.5) is 0 Å². The number of hydrogen-bond donors (Lipinski definition) is 2. The van der Waals surface area contributed by atoms with Gasteiger partial charge < -0.3 is 10.6 Å². The van der Waals surface area contributed by atoms with E-state index >= 15 is 0 Å². The normalized spacial score (nSPS) is 12.7. The molecule has 0 aliphatic rings. The van der Waals surface area contributed by atoms with Gasteiger partial charge in [-0.05, 0) is 11.1 Å². The monoisotopic (exact) mass is 337 g/mol. The fraction of sp³-hybridized carbons (Fsp3) is 0.250. The molecule has 0 saturated heterocycles. The fourth-order valence-electron chi connectivity index (χ4n) is 2.55. The summed E-state index contributed by atoms with van der Waals surface area (Å²) in [6.45, 7) is 1.36. The van der Waals surface area contributed by atoms with E-state index in [9.17, 15) is 14.4 Å². The molecule has 2 atom stereocenters. The van der Waals surface area contributed by atoms with Gasteiger partial charge >= 0.3 is 0 Å². The molecule has 0 aliphatic heterocycles. The molecule has 2 aromatic rings. The first-order chi connectivity index (χ1) is 12.1. The smallest absolute Gasteiger partial charge is 0.243 e. The van der Waals surface area contributed by atoms with Crippen LogP contribution in [0.1, 0.15) is 18.1 Å². The second-order valence-corrected chi connectivity index (χ2v) is 5.81. The van der Waals surface area contributed by atoms with Gasteiger partial charge in [0.1, 0.15) is 6.04 Å². The van der Waals surface area contributed by atoms with E-state index in [0.29, 0.717) is 12.8 Å². The number of nitrogens with one attached hydrogen (secondary N) is 2. The third kappa shape index (κ3) is 6.22. The zero-order valence-corrected chi connectivity index (χ0v) is 14.1. The molecule has 0 unspecified atom stereocenters. The van der Waals surface area contributed by atoms with Gasteiger partial charge in [-0.25, -0.2) is 0 Å². The summed E-state index contributed by atoms with van der Waals surface area (Å²) >= 11 is 0. The lowest BCUT2D eigenvalue weighted by Gasteiger charge is -2.20. The van der Waals surface area contributed by atoms with Crippen molar-refractivity contribution in [3.8, 4) is 0 Å². The number of hydrogen-bond acceptors (Lipinski definition) is 3. The molecule has 0 saturated carbocycles. The minimum absolute atomic E-state index is 0.300. The summed E-state index contributed by atoms with van der Waals surface area (Å²) in [5.41, 5.74) is 1.85. The van der Waals surface area contributed by atoms with Gasteiger partial charge in [0.15, 0.2) is 0 Å². The van der Waals surface area contributed by atoms with E-state index in [1.165, 1.54) is 6.92 Å². The Hall–Kier alpha value is -2.95. The van der Waals surface area contributed by atoms with Gasteiger partial charge in [-0.3, -0.25) is 14.4 Å². The highest BCUT2D eigenvalue weighted by Crippen LogP contribution is 2.06. The minimum Gasteiger partial charge on any atom is -0.344 e. The molecular weight excluding hydrogens is 316 g/mol. The predicted molar refractivity (Wildman–Crippen MR) is 95.5 cm³/mol. The van der Waals surface area contributed by atoms with E-state index < -0.39 is 18.0 Å². The Morgan fingerprint density at radius 3 is 1.88 bits per heavy atom. The average Bonchev–Trinajstić information content (AvgIpc) is 2.62. The summed E-state index contributed by atoms with van der Waals surface area (Å²) in [6, 6.07) is 17.3. The van der Waals surface area contributed by atoms with Gasteiger partial charge in [0.05, 0.1) is 6.04 Å². The number of amides is 2. The SMILES string of the molecule is CC(=O)N[C@@H](Cc1ccccc1)C(=O)N[C@H]([C]=O)Cc1ccccc1. The molecule has 25 heavy (non-hydrogen) atoms. The van der Waals surface area contributed by atoms with Crippen LogP contribution in [-0.4, -0.2) is 30.2 Å². The van der Waals surface area contributed by atoms with Crippen molar-refractivity contribution in [3.63, 3.8) is 0 Å². The number of benzene rings is 2. The fourth-order valence-corrected chi connectivity index (χ4v) is 2.55. The third-order valence-electron chi connectivity index (χ3n) is 3.72. The maximum Gasteiger partial charge on any atom is 0.243 e. The van der Waals surface area contributed by atoms with Crippen molar-refractivity contribution < 1.29 is 14.4 Å². The Bertz CT molecular complexity index is 701. The lowest BCUT2D eigenvalue weighted by Crippen LogP contribution is -2.51. The van der Waals surface area contributed by atoms with Crippen LogP contribution in [-0.2, 0) is 27.2 Å². The molecule has 129 valence electrons. The maximum absolute atomic E-state index is 12.5. The molecule has 5 heteroatoms. The summed E-state index contributed by atoms with van der Waals surface area (Å²) < 4.78 is 0. The minimum atomic E-state index is -0.762. The first-order valence-electron chi connectivity index (χ1n) is 8.11. The van der Waals surface area contributed by atoms with Crippen molar-refractivity contribution in [2.75, 3.05) is 0 Å². The molecule has 2 N–H and O–H groups in total. The third-order valence-corrected chi connectivity index (χ3v) is 3.72. The molecule has 2 aromatic carbocycles. The Morgan fingerprint density at radius 2 is 1.40 bits per heavy atom. The van der Waals surface area contributed by atoms with Crippen molar-refractivity contribution in [2.24, 2.45) is 0 Å². The second-order valence-electron chi connectivity index (χ2n) is 5.81. The Balaban J connectivity index is 2.04. The van der Waals surface area contributed by atoms with Gasteiger partial charge in [0, 0.05) is 19.8 Å². The summed E-state index contributed by atoms with van der Waals surface area (Å²) in [5, 5.41) is 5.30. The van der Waals surface area contributed by atoms with Crippen molar-refractivity contribution in [1.82, 2.24) is 10.6 Å². The van der Waals surface area contributed by atoms with Crippen molar-refractivity contribution in [2.45, 2.75) is 31.8 Å². The van der Waals surface area contributed by atoms with E-state index in [2.05, 4.69) is 10.6 Å². The lowest BCUT2D eigenvalue weighted by atomic mass is 10.0. The standard InChI is InChI=1S/C20H21N2O3/c1-15(24)21-19(13-17-10-6-3-7-11-17)20(25)22-18(14-23)12-16-8-4-2-5-9-16/h2-11,18-19H,12-13H2,1H3,(H,21,24)(H,22,25)/t18-,19-/m0/s1. The van der Waals surface area contributed by atoms with Gasteiger partial charge in [-0.2, -0.15) is 0 Å². The highest BCUT2D eigenvalue weighted by Gasteiger charge is 2.23. The number of carbonyl (C=O) groups is 2. The molecule has 5 nitrogen and oxygen atoms in total. The summed E-state index contributed by atoms with van der Waals surface area (Å²) in [5.74, 6) is -0.700. The summed E-state index contributed by atoms with van der Waals surface area (Å²) in [6.07, 6.45) is 2.56. The molecule has 1 radical (unpaired) electrons. The summed E-state index contributed by atoms with van der Waals surface area (Å²) in [7, 11) is 0. The van der Waals surface area contributed by atoms with Crippen LogP contribution in [0.15, 0.2) is 60.7 Å². The highest BCUT2D eigenvalue weighted by atomic mass is 16.2. The summed E-state index contributed by atoms with van der Waals surface area (Å²) in [4.78, 5) is 35.2. The van der Waals surface area contributed by atoms with Crippen molar-refractivity contribution in [1.29, 1.82) is 0 Å². The molecule has 2 amide bonds. The quantitative estimate of drug-likeness (QED) is 0.768. The Morgan fingerprint density at radius 1 is 0.880 bits per heavy atom. The predicted octanol–water partition coefficient (Wildman–Crippen LogP) is 1.57. The van der Waals surface area contributed by atoms with Crippen LogP contribution < -0.4 is 10.6 Å². The van der Waals surface area contributed by atoms with Crippen molar-refractivity contribution in [3.05, 3.63) is 71.8 Å². The topological polar surface area (TPSA) is 75.3 Å². The maximum atomic E-state index is 12.5. The molecule has 0 aromatic heterocycles. The Labute approximate surface area is 147 Å². The van der Waals surface area contributed by atoms with Crippen LogP contribution in [0.5, 0.6) is 0 Å². The molecular formula is C20H21N2O3. The highest BCUT2D eigenvalue weighted by molar-refractivity contribution is 5.88. The largest absolute Gasteiger partial charge is 0.344 e. The zero-order chi connectivity index (χ0) is 18.1. The van der Waals surface area contributed by atoms with Crippen LogP contribution in [0.2, 0.25) is 0 Å². The van der Waals surface area contributed by atoms with E-state index in [-0.39, 0.29) is 5.91 Å². The number of rotatable bonds is 8. The van der Waals surface area contributed by atoms with Crippen LogP contribution in [0.25, 0.3) is 0 Å². The lowest BCUT2D eigenvalue weighted by molar-refractivity contribution is -0.128. The average molecular weight is 337 g/mol. The molecule has 0 bridgehead atoms. The van der Waals surface area contributed by atoms with E-state index in [0.717, 1.165) is 11.1 Å². The van der Waals surface area contributed by atoms with Gasteiger partial charge in [-0.15, -0.1) is 0 Å². The Kier molecular flexibility index (Phi) is 6.89. The van der Waals surface area contributed by atoms with Crippen LogP contribution in [0.3, 0.4) is 0 Å². The van der Waals surface area contributed by atoms with Gasteiger partial charge in [0.2, 0.25) is 18.1 Å². The first kappa shape index (κ1) is 18.4. The number of carbonyl (C=O) groups excluding carboxylic acids is 3. The molecule has 0 fully saturated rings. The molecule has 0 heterocycles. The molecule has 0 spiro atoms. The van der Waals surface area contributed by atoms with Gasteiger partial charge in [0.25, 0.3) is 0 Å². The van der Waals surface area contributed by atoms with E-state index in [1.54, 1.807) is 0 Å². The van der Waals surface area contributed by atoms with Crippen molar-refractivity contribution >= 4 is 18.1 Å². The van der Waals surface area contributed by atoms with E-state index in [4.69, 9.17) is 0 Å².